The number of aryl methyl sites for hydroxylation is 1. The Hall–Kier alpha value is -1.62. The van der Waals surface area contributed by atoms with Crippen LogP contribution in [0.3, 0.4) is 0 Å². The molecule has 0 unspecified atom stereocenters. The SMILES string of the molecule is CC(C)NCCNc1nccc2c1ncn2C. The smallest absolute Gasteiger partial charge is 0.154 e. The summed E-state index contributed by atoms with van der Waals surface area (Å²) in [5.74, 6) is 0.855. The van der Waals surface area contributed by atoms with Gasteiger partial charge in [-0.15, -0.1) is 0 Å². The van der Waals surface area contributed by atoms with Crippen LogP contribution in [0.1, 0.15) is 13.8 Å². The van der Waals surface area contributed by atoms with Gasteiger partial charge in [-0.05, 0) is 6.07 Å². The Morgan fingerprint density at radius 2 is 2.12 bits per heavy atom. The highest BCUT2D eigenvalue weighted by Crippen LogP contribution is 2.17. The van der Waals surface area contributed by atoms with Crippen molar-refractivity contribution in [2.75, 3.05) is 18.4 Å². The molecule has 92 valence electrons. The molecule has 5 heteroatoms. The van der Waals surface area contributed by atoms with Crippen LogP contribution < -0.4 is 10.6 Å². The zero-order valence-electron chi connectivity index (χ0n) is 10.6. The minimum Gasteiger partial charge on any atom is -0.367 e. The monoisotopic (exact) mass is 233 g/mol. The van der Waals surface area contributed by atoms with E-state index in [0.717, 1.165) is 29.9 Å². The largest absolute Gasteiger partial charge is 0.367 e. The topological polar surface area (TPSA) is 54.8 Å². The van der Waals surface area contributed by atoms with Gasteiger partial charge in [0.15, 0.2) is 5.82 Å². The summed E-state index contributed by atoms with van der Waals surface area (Å²) in [4.78, 5) is 8.67. The van der Waals surface area contributed by atoms with Gasteiger partial charge in [0.05, 0.1) is 11.8 Å². The van der Waals surface area contributed by atoms with E-state index < -0.39 is 0 Å². The maximum Gasteiger partial charge on any atom is 0.154 e. The fourth-order valence-electron chi connectivity index (χ4n) is 1.73. The van der Waals surface area contributed by atoms with Crippen molar-refractivity contribution in [1.82, 2.24) is 19.9 Å². The summed E-state index contributed by atoms with van der Waals surface area (Å²) in [6.45, 7) is 6.04. The quantitative estimate of drug-likeness (QED) is 0.766. The van der Waals surface area contributed by atoms with Gasteiger partial charge in [-0.3, -0.25) is 0 Å². The van der Waals surface area contributed by atoms with Crippen LogP contribution in [0.4, 0.5) is 5.82 Å². The molecule has 17 heavy (non-hydrogen) atoms. The second-order valence-corrected chi connectivity index (χ2v) is 4.42. The Kier molecular flexibility index (Phi) is 3.58. The number of hydrogen-bond donors (Lipinski definition) is 2. The highest BCUT2D eigenvalue weighted by Gasteiger charge is 2.05. The van der Waals surface area contributed by atoms with E-state index in [-0.39, 0.29) is 0 Å². The average Bonchev–Trinajstić information content (AvgIpc) is 2.67. The molecule has 0 aliphatic heterocycles. The lowest BCUT2D eigenvalue weighted by Crippen LogP contribution is -2.28. The number of nitrogens with zero attached hydrogens (tertiary/aromatic N) is 3. The minimum atomic E-state index is 0.510. The van der Waals surface area contributed by atoms with Crippen molar-refractivity contribution in [3.63, 3.8) is 0 Å². The number of imidazole rings is 1. The summed E-state index contributed by atoms with van der Waals surface area (Å²) in [6.07, 6.45) is 3.62. The molecule has 0 fully saturated rings. The molecule has 0 atom stereocenters. The van der Waals surface area contributed by atoms with Gasteiger partial charge < -0.3 is 15.2 Å². The first-order chi connectivity index (χ1) is 8.18. The van der Waals surface area contributed by atoms with Crippen LogP contribution in [0.15, 0.2) is 18.6 Å². The van der Waals surface area contributed by atoms with E-state index in [1.807, 2.05) is 30.2 Å². The number of anilines is 1. The second kappa shape index (κ2) is 5.14. The first kappa shape index (κ1) is 11.9. The predicted octanol–water partition coefficient (Wildman–Crippen LogP) is 1.38. The van der Waals surface area contributed by atoms with Crippen molar-refractivity contribution >= 4 is 16.9 Å². The zero-order chi connectivity index (χ0) is 12.3. The number of fused-ring (bicyclic) bond motifs is 1. The van der Waals surface area contributed by atoms with Gasteiger partial charge >= 0.3 is 0 Å². The van der Waals surface area contributed by atoms with Gasteiger partial charge in [-0.25, -0.2) is 9.97 Å². The van der Waals surface area contributed by atoms with E-state index in [1.165, 1.54) is 0 Å². The standard InChI is InChI=1S/C12H19N5/c1-9(2)13-6-7-15-12-11-10(4-5-14-12)17(3)8-16-11/h4-5,8-9,13H,6-7H2,1-3H3,(H,14,15). The maximum atomic E-state index is 4.35. The third kappa shape index (κ3) is 2.74. The van der Waals surface area contributed by atoms with E-state index in [9.17, 15) is 0 Å². The summed E-state index contributed by atoms with van der Waals surface area (Å²) in [7, 11) is 1.99. The summed E-state index contributed by atoms with van der Waals surface area (Å²) in [5.41, 5.74) is 2.03. The Morgan fingerprint density at radius 1 is 1.29 bits per heavy atom. The highest BCUT2D eigenvalue weighted by molar-refractivity contribution is 5.85. The van der Waals surface area contributed by atoms with Crippen molar-refractivity contribution < 1.29 is 0 Å². The molecule has 2 aromatic rings. The second-order valence-electron chi connectivity index (χ2n) is 4.42. The molecule has 2 N–H and O–H groups in total. The third-order valence-corrected chi connectivity index (χ3v) is 2.61. The maximum absolute atomic E-state index is 4.35. The molecule has 0 aliphatic carbocycles. The van der Waals surface area contributed by atoms with Gasteiger partial charge in [0.1, 0.15) is 5.52 Å². The molecule has 5 nitrogen and oxygen atoms in total. The van der Waals surface area contributed by atoms with Crippen LogP contribution in [0.2, 0.25) is 0 Å². The highest BCUT2D eigenvalue weighted by atomic mass is 15.1. The molecule has 0 bridgehead atoms. The fraction of sp³-hybridized carbons (Fsp3) is 0.500. The molecule has 0 aliphatic rings. The van der Waals surface area contributed by atoms with Crippen molar-refractivity contribution in [1.29, 1.82) is 0 Å². The van der Waals surface area contributed by atoms with Crippen LogP contribution in [0, 0.1) is 0 Å². The lowest BCUT2D eigenvalue weighted by Gasteiger charge is -2.09. The number of pyridine rings is 1. The van der Waals surface area contributed by atoms with E-state index >= 15 is 0 Å². The molecule has 2 heterocycles. The molecule has 0 saturated heterocycles. The molecule has 0 spiro atoms. The van der Waals surface area contributed by atoms with Gasteiger partial charge in [0.25, 0.3) is 0 Å². The third-order valence-electron chi connectivity index (χ3n) is 2.61. The minimum absolute atomic E-state index is 0.510. The number of aromatic nitrogens is 3. The van der Waals surface area contributed by atoms with E-state index in [4.69, 9.17) is 0 Å². The van der Waals surface area contributed by atoms with Crippen molar-refractivity contribution in [3.8, 4) is 0 Å². The van der Waals surface area contributed by atoms with Crippen molar-refractivity contribution in [3.05, 3.63) is 18.6 Å². The zero-order valence-corrected chi connectivity index (χ0v) is 10.6. The Labute approximate surface area is 101 Å². The molecule has 0 radical (unpaired) electrons. The van der Waals surface area contributed by atoms with Crippen LogP contribution >= 0.6 is 0 Å². The van der Waals surface area contributed by atoms with Gasteiger partial charge in [-0.2, -0.15) is 0 Å². The summed E-state index contributed by atoms with van der Waals surface area (Å²) in [6, 6.07) is 2.48. The normalized spacial score (nSPS) is 11.3. The predicted molar refractivity (Wildman–Crippen MR) is 70.1 cm³/mol. The van der Waals surface area contributed by atoms with Crippen molar-refractivity contribution in [2.24, 2.45) is 7.05 Å². The molecule has 0 aromatic carbocycles. The van der Waals surface area contributed by atoms with E-state index in [0.29, 0.717) is 6.04 Å². The van der Waals surface area contributed by atoms with Gasteiger partial charge in [-0.1, -0.05) is 13.8 Å². The molecular weight excluding hydrogens is 214 g/mol. The molecule has 0 saturated carbocycles. The van der Waals surface area contributed by atoms with Crippen LogP contribution in [0.25, 0.3) is 11.0 Å². The molecule has 0 amide bonds. The Bertz CT molecular complexity index is 489. The number of rotatable bonds is 5. The average molecular weight is 233 g/mol. The van der Waals surface area contributed by atoms with Gasteiger partial charge in [0.2, 0.25) is 0 Å². The summed E-state index contributed by atoms with van der Waals surface area (Å²) in [5, 5.41) is 6.66. The van der Waals surface area contributed by atoms with Crippen molar-refractivity contribution in [2.45, 2.75) is 19.9 Å². The first-order valence-electron chi connectivity index (χ1n) is 5.92. The summed E-state index contributed by atoms with van der Waals surface area (Å²) < 4.78 is 1.99. The number of hydrogen-bond acceptors (Lipinski definition) is 4. The molecule has 2 rings (SSSR count). The molecular formula is C12H19N5. The molecule has 2 aromatic heterocycles. The Balaban J connectivity index is 2.03. The lowest BCUT2D eigenvalue weighted by atomic mass is 10.3. The van der Waals surface area contributed by atoms with Gasteiger partial charge in [0, 0.05) is 32.4 Å². The fourth-order valence-corrected chi connectivity index (χ4v) is 1.73. The van der Waals surface area contributed by atoms with E-state index in [1.54, 1.807) is 0 Å². The summed E-state index contributed by atoms with van der Waals surface area (Å²) >= 11 is 0. The van der Waals surface area contributed by atoms with Crippen LogP contribution in [-0.4, -0.2) is 33.7 Å². The first-order valence-corrected chi connectivity index (χ1v) is 5.92. The van der Waals surface area contributed by atoms with E-state index in [2.05, 4.69) is 34.4 Å². The number of nitrogens with one attached hydrogen (secondary N) is 2. The van der Waals surface area contributed by atoms with Crippen LogP contribution in [-0.2, 0) is 7.05 Å². The Morgan fingerprint density at radius 3 is 2.88 bits per heavy atom. The lowest BCUT2D eigenvalue weighted by molar-refractivity contribution is 0.602. The van der Waals surface area contributed by atoms with Crippen LogP contribution in [0.5, 0.6) is 0 Å².